The molecule has 0 unspecified atom stereocenters. The van der Waals surface area contributed by atoms with Gasteiger partial charge in [0.25, 0.3) is 11.8 Å². The van der Waals surface area contributed by atoms with Crippen LogP contribution in [0.1, 0.15) is 27.6 Å². The van der Waals surface area contributed by atoms with Crippen molar-refractivity contribution in [2.24, 2.45) is 0 Å². The minimum atomic E-state index is -0.468. The van der Waals surface area contributed by atoms with Crippen LogP contribution in [0.3, 0.4) is 0 Å². The van der Waals surface area contributed by atoms with E-state index in [9.17, 15) is 14.0 Å². The molecule has 2 amide bonds. The third kappa shape index (κ3) is 3.36. The second-order valence-corrected chi connectivity index (χ2v) is 7.19. The second kappa shape index (κ2) is 7.44. The minimum Gasteiger partial charge on any atom is -0.322 e. The van der Waals surface area contributed by atoms with Gasteiger partial charge in [-0.15, -0.1) is 0 Å². The Morgan fingerprint density at radius 2 is 2.04 bits per heavy atom. The van der Waals surface area contributed by atoms with Crippen molar-refractivity contribution in [2.45, 2.75) is 16.8 Å². The number of amides is 2. The van der Waals surface area contributed by atoms with Crippen molar-refractivity contribution in [3.05, 3.63) is 77.7 Å². The van der Waals surface area contributed by atoms with Crippen LogP contribution in [0.5, 0.6) is 0 Å². The van der Waals surface area contributed by atoms with Gasteiger partial charge in [0.2, 0.25) is 0 Å². The van der Waals surface area contributed by atoms with Gasteiger partial charge >= 0.3 is 0 Å². The number of nitrogens with one attached hydrogen (secondary N) is 1. The first-order chi connectivity index (χ1) is 13.6. The second-order valence-electron chi connectivity index (χ2n) is 6.15. The fourth-order valence-electron chi connectivity index (χ4n) is 3.04. The molecule has 140 valence electrons. The summed E-state index contributed by atoms with van der Waals surface area (Å²) in [5.41, 5.74) is 2.11. The molecule has 1 aliphatic rings. The monoisotopic (exact) mass is 393 g/mol. The number of halogens is 1. The number of pyridine rings is 1. The molecule has 0 saturated heterocycles. The van der Waals surface area contributed by atoms with Gasteiger partial charge in [0, 0.05) is 28.9 Å². The maximum absolute atomic E-state index is 13.4. The van der Waals surface area contributed by atoms with Crippen LogP contribution in [-0.2, 0) is 0 Å². The van der Waals surface area contributed by atoms with E-state index in [1.807, 2.05) is 6.92 Å². The largest absolute Gasteiger partial charge is 0.322 e. The molecule has 28 heavy (non-hydrogen) atoms. The number of fused-ring (bicyclic) bond motifs is 2. The SMILES string of the molecule is CCN1C(=O)c2cccnc2Sc2cc(NC(=O)c3cccc(F)c3)ccc21. The number of nitrogens with zero attached hydrogens (tertiary/aromatic N) is 2. The Kier molecular flexibility index (Phi) is 4.83. The molecule has 3 aromatic rings. The summed E-state index contributed by atoms with van der Waals surface area (Å²) >= 11 is 1.38. The standard InChI is InChI=1S/C21H16FN3O2S/c1-2-25-17-9-8-15(24-19(26)13-5-3-6-14(22)11-13)12-18(17)28-20-16(21(25)27)7-4-10-23-20/h3-12H,2H2,1H3,(H,24,26). The average molecular weight is 393 g/mol. The molecule has 0 fully saturated rings. The summed E-state index contributed by atoms with van der Waals surface area (Å²) in [5, 5.41) is 3.40. The lowest BCUT2D eigenvalue weighted by molar-refractivity contribution is 0.0983. The molecular weight excluding hydrogens is 377 g/mol. The van der Waals surface area contributed by atoms with E-state index >= 15 is 0 Å². The third-order valence-electron chi connectivity index (χ3n) is 4.36. The van der Waals surface area contributed by atoms with E-state index in [1.165, 1.54) is 30.0 Å². The molecule has 5 nitrogen and oxygen atoms in total. The number of aromatic nitrogens is 1. The summed E-state index contributed by atoms with van der Waals surface area (Å²) in [5.74, 6) is -0.974. The zero-order valence-electron chi connectivity index (χ0n) is 15.0. The predicted molar refractivity (Wildman–Crippen MR) is 107 cm³/mol. The molecule has 0 saturated carbocycles. The van der Waals surface area contributed by atoms with E-state index in [2.05, 4.69) is 10.3 Å². The van der Waals surface area contributed by atoms with E-state index < -0.39 is 11.7 Å². The van der Waals surface area contributed by atoms with Crippen LogP contribution in [0, 0.1) is 5.82 Å². The zero-order chi connectivity index (χ0) is 19.7. The Morgan fingerprint density at radius 3 is 2.82 bits per heavy atom. The Balaban J connectivity index is 1.69. The van der Waals surface area contributed by atoms with Gasteiger partial charge < -0.3 is 10.2 Å². The van der Waals surface area contributed by atoms with Crippen LogP contribution >= 0.6 is 11.8 Å². The fourth-order valence-corrected chi connectivity index (χ4v) is 4.09. The number of rotatable bonds is 3. The van der Waals surface area contributed by atoms with Crippen molar-refractivity contribution in [1.29, 1.82) is 0 Å². The number of anilines is 2. The summed E-state index contributed by atoms with van der Waals surface area (Å²) < 4.78 is 13.4. The van der Waals surface area contributed by atoms with Crippen molar-refractivity contribution in [3.63, 3.8) is 0 Å². The van der Waals surface area contributed by atoms with Crippen LogP contribution in [0.2, 0.25) is 0 Å². The van der Waals surface area contributed by atoms with Gasteiger partial charge in [0.15, 0.2) is 0 Å². The van der Waals surface area contributed by atoms with Crippen molar-refractivity contribution in [1.82, 2.24) is 4.98 Å². The van der Waals surface area contributed by atoms with E-state index in [1.54, 1.807) is 47.5 Å². The van der Waals surface area contributed by atoms with Crippen LogP contribution in [0.15, 0.2) is 70.7 Å². The normalized spacial score (nSPS) is 12.8. The number of benzene rings is 2. The lowest BCUT2D eigenvalue weighted by Gasteiger charge is -2.21. The Morgan fingerprint density at radius 1 is 1.18 bits per heavy atom. The Hall–Kier alpha value is -3.19. The maximum Gasteiger partial charge on any atom is 0.261 e. The maximum atomic E-state index is 13.4. The lowest BCUT2D eigenvalue weighted by atomic mass is 10.2. The molecule has 0 spiro atoms. The van der Waals surface area contributed by atoms with Crippen LogP contribution in [0.4, 0.5) is 15.8 Å². The number of hydrogen-bond acceptors (Lipinski definition) is 4. The van der Waals surface area contributed by atoms with E-state index in [0.717, 1.165) is 10.6 Å². The van der Waals surface area contributed by atoms with E-state index in [4.69, 9.17) is 0 Å². The third-order valence-corrected chi connectivity index (χ3v) is 5.43. The van der Waals surface area contributed by atoms with Gasteiger partial charge in [-0.05, 0) is 55.5 Å². The molecule has 0 bridgehead atoms. The molecule has 1 N–H and O–H groups in total. The minimum absolute atomic E-state index is 0.103. The highest BCUT2D eigenvalue weighted by molar-refractivity contribution is 7.99. The van der Waals surface area contributed by atoms with Gasteiger partial charge in [-0.2, -0.15) is 0 Å². The van der Waals surface area contributed by atoms with Crippen LogP contribution in [0.25, 0.3) is 0 Å². The first kappa shape index (κ1) is 18.2. The van der Waals surface area contributed by atoms with Crippen molar-refractivity contribution in [3.8, 4) is 0 Å². The average Bonchev–Trinajstić information content (AvgIpc) is 2.81. The zero-order valence-corrected chi connectivity index (χ0v) is 15.8. The topological polar surface area (TPSA) is 62.3 Å². The molecule has 0 aliphatic carbocycles. The molecule has 0 atom stereocenters. The molecule has 1 aromatic heterocycles. The molecule has 4 rings (SSSR count). The van der Waals surface area contributed by atoms with Gasteiger partial charge in [0.05, 0.1) is 11.3 Å². The summed E-state index contributed by atoms with van der Waals surface area (Å²) in [6.45, 7) is 2.42. The van der Waals surface area contributed by atoms with Gasteiger partial charge in [0.1, 0.15) is 10.8 Å². The van der Waals surface area contributed by atoms with Crippen molar-refractivity contribution >= 4 is 35.0 Å². The van der Waals surface area contributed by atoms with E-state index in [0.29, 0.717) is 22.8 Å². The molecular formula is C21H16FN3O2S. The summed E-state index contributed by atoms with van der Waals surface area (Å²) in [4.78, 5) is 32.1. The Labute approximate surface area is 165 Å². The Bertz CT molecular complexity index is 1090. The smallest absolute Gasteiger partial charge is 0.261 e. The lowest BCUT2D eigenvalue weighted by Crippen LogP contribution is -2.30. The van der Waals surface area contributed by atoms with Crippen molar-refractivity contribution < 1.29 is 14.0 Å². The quantitative estimate of drug-likeness (QED) is 0.706. The highest BCUT2D eigenvalue weighted by Crippen LogP contribution is 2.41. The summed E-state index contributed by atoms with van der Waals surface area (Å²) in [7, 11) is 0. The van der Waals surface area contributed by atoms with Gasteiger partial charge in [-0.1, -0.05) is 17.8 Å². The molecule has 2 aromatic carbocycles. The van der Waals surface area contributed by atoms with Crippen LogP contribution < -0.4 is 10.2 Å². The number of hydrogen-bond donors (Lipinski definition) is 1. The fraction of sp³-hybridized carbons (Fsp3) is 0.0952. The first-order valence-electron chi connectivity index (χ1n) is 8.72. The highest BCUT2D eigenvalue weighted by atomic mass is 32.2. The summed E-state index contributed by atoms with van der Waals surface area (Å²) in [6, 6.07) is 14.4. The molecule has 1 aliphatic heterocycles. The number of carbonyl (C=O) groups excluding carboxylic acids is 2. The van der Waals surface area contributed by atoms with E-state index in [-0.39, 0.29) is 11.5 Å². The molecule has 2 heterocycles. The summed E-state index contributed by atoms with van der Waals surface area (Å²) in [6.07, 6.45) is 1.65. The van der Waals surface area contributed by atoms with Crippen LogP contribution in [-0.4, -0.2) is 23.3 Å². The predicted octanol–water partition coefficient (Wildman–Crippen LogP) is 4.60. The molecule has 0 radical (unpaired) electrons. The van der Waals surface area contributed by atoms with Gasteiger partial charge in [-0.3, -0.25) is 9.59 Å². The first-order valence-corrected chi connectivity index (χ1v) is 9.54. The molecule has 7 heteroatoms. The number of carbonyl (C=O) groups is 2. The van der Waals surface area contributed by atoms with Crippen molar-refractivity contribution in [2.75, 3.05) is 16.8 Å². The van der Waals surface area contributed by atoms with Gasteiger partial charge in [-0.25, -0.2) is 9.37 Å². The highest BCUT2D eigenvalue weighted by Gasteiger charge is 2.27.